The summed E-state index contributed by atoms with van der Waals surface area (Å²) in [4.78, 5) is 12.0. The molecule has 2 rings (SSSR count). The summed E-state index contributed by atoms with van der Waals surface area (Å²) in [6, 6.07) is 8.66. The van der Waals surface area contributed by atoms with Gasteiger partial charge in [0.25, 0.3) is 5.91 Å². The van der Waals surface area contributed by atoms with Crippen molar-refractivity contribution >= 4 is 55.1 Å². The Labute approximate surface area is 131 Å². The molecule has 0 aliphatic carbocycles. The van der Waals surface area contributed by atoms with Crippen molar-refractivity contribution in [1.29, 1.82) is 0 Å². The summed E-state index contributed by atoms with van der Waals surface area (Å²) >= 11 is 12.5. The first-order valence-electron chi connectivity index (χ1n) is 5.19. The van der Waals surface area contributed by atoms with E-state index in [9.17, 15) is 9.18 Å². The molecule has 0 unspecified atom stereocenters. The van der Waals surface area contributed by atoms with Gasteiger partial charge in [0.2, 0.25) is 0 Å². The molecule has 0 aromatic heterocycles. The molecule has 1 amide bonds. The topological polar surface area (TPSA) is 29.1 Å². The molecule has 0 bridgehead atoms. The smallest absolute Gasteiger partial charge is 0.255 e. The molecule has 1 N–H and O–H groups in total. The molecule has 2 aromatic carbocycles. The molecule has 2 aromatic rings. The average molecular weight is 407 g/mol. The van der Waals surface area contributed by atoms with Crippen molar-refractivity contribution in [2.45, 2.75) is 0 Å². The molecule has 0 saturated carbocycles. The summed E-state index contributed by atoms with van der Waals surface area (Å²) in [5.41, 5.74) is 0.939. The van der Waals surface area contributed by atoms with Gasteiger partial charge in [-0.3, -0.25) is 4.79 Å². The van der Waals surface area contributed by atoms with Gasteiger partial charge in [0.15, 0.2) is 0 Å². The van der Waals surface area contributed by atoms with Crippen LogP contribution < -0.4 is 5.32 Å². The number of hydrogen-bond acceptors (Lipinski definition) is 1. The number of amides is 1. The van der Waals surface area contributed by atoms with Crippen molar-refractivity contribution in [1.82, 2.24) is 0 Å². The SMILES string of the molecule is O=C(Nc1c(Br)cc(Cl)cc1Br)c1ccc(F)cc1. The highest BCUT2D eigenvalue weighted by Crippen LogP contribution is 2.34. The summed E-state index contributed by atoms with van der Waals surface area (Å²) in [6.45, 7) is 0. The van der Waals surface area contributed by atoms with Crippen LogP contribution in [0.2, 0.25) is 5.02 Å². The van der Waals surface area contributed by atoms with Gasteiger partial charge >= 0.3 is 0 Å². The predicted molar refractivity (Wildman–Crippen MR) is 81.2 cm³/mol. The average Bonchev–Trinajstić information content (AvgIpc) is 2.34. The number of halogens is 4. The maximum atomic E-state index is 12.8. The molecule has 0 fully saturated rings. The summed E-state index contributed by atoms with van der Waals surface area (Å²) in [7, 11) is 0. The quantitative estimate of drug-likeness (QED) is 0.723. The van der Waals surface area contributed by atoms with Gasteiger partial charge in [-0.2, -0.15) is 0 Å². The Bertz CT molecular complexity index is 608. The number of anilines is 1. The summed E-state index contributed by atoms with van der Waals surface area (Å²) in [6.07, 6.45) is 0. The Hall–Kier alpha value is -0.910. The number of carbonyl (C=O) groups excluding carboxylic acids is 1. The molecule has 0 spiro atoms. The molecule has 0 aliphatic rings. The van der Waals surface area contributed by atoms with E-state index in [2.05, 4.69) is 37.2 Å². The Morgan fingerprint density at radius 1 is 1.11 bits per heavy atom. The van der Waals surface area contributed by atoms with Crippen molar-refractivity contribution in [2.75, 3.05) is 5.32 Å². The van der Waals surface area contributed by atoms with Crippen LogP contribution in [0, 0.1) is 5.82 Å². The van der Waals surface area contributed by atoms with Crippen molar-refractivity contribution in [2.24, 2.45) is 0 Å². The fourth-order valence-electron chi connectivity index (χ4n) is 1.45. The van der Waals surface area contributed by atoms with E-state index in [4.69, 9.17) is 11.6 Å². The highest BCUT2D eigenvalue weighted by Gasteiger charge is 2.12. The van der Waals surface area contributed by atoms with E-state index >= 15 is 0 Å². The molecule has 0 heterocycles. The number of carbonyl (C=O) groups is 1. The Balaban J connectivity index is 2.26. The minimum Gasteiger partial charge on any atom is -0.320 e. The van der Waals surface area contributed by atoms with Crippen LogP contribution in [-0.4, -0.2) is 5.91 Å². The van der Waals surface area contributed by atoms with Gasteiger partial charge in [-0.15, -0.1) is 0 Å². The van der Waals surface area contributed by atoms with Crippen molar-refractivity contribution in [3.05, 3.63) is 61.7 Å². The first-order valence-corrected chi connectivity index (χ1v) is 7.15. The molecule has 6 heteroatoms. The summed E-state index contributed by atoms with van der Waals surface area (Å²) < 4.78 is 14.1. The number of rotatable bonds is 2. The van der Waals surface area contributed by atoms with E-state index in [0.29, 0.717) is 25.2 Å². The summed E-state index contributed by atoms with van der Waals surface area (Å²) in [5, 5.41) is 3.27. The lowest BCUT2D eigenvalue weighted by molar-refractivity contribution is 0.102. The molecule has 0 radical (unpaired) electrons. The second-order valence-electron chi connectivity index (χ2n) is 3.71. The molecule has 98 valence electrons. The van der Waals surface area contributed by atoms with Crippen LogP contribution in [0.1, 0.15) is 10.4 Å². The highest BCUT2D eigenvalue weighted by molar-refractivity contribution is 9.11. The van der Waals surface area contributed by atoms with Gasteiger partial charge in [-0.25, -0.2) is 4.39 Å². The number of hydrogen-bond donors (Lipinski definition) is 1. The van der Waals surface area contributed by atoms with E-state index in [-0.39, 0.29) is 11.7 Å². The van der Waals surface area contributed by atoms with Gasteiger partial charge in [-0.05, 0) is 68.3 Å². The minimum atomic E-state index is -0.384. The van der Waals surface area contributed by atoms with E-state index in [0.717, 1.165) is 0 Å². The second kappa shape index (κ2) is 6.03. The molecular formula is C13H7Br2ClFNO. The maximum absolute atomic E-state index is 12.8. The van der Waals surface area contributed by atoms with Crippen LogP contribution in [0.25, 0.3) is 0 Å². The predicted octanol–water partition coefficient (Wildman–Crippen LogP) is 5.26. The van der Waals surface area contributed by atoms with E-state index < -0.39 is 0 Å². The van der Waals surface area contributed by atoms with Crippen LogP contribution in [0.15, 0.2) is 45.3 Å². The van der Waals surface area contributed by atoms with Crippen molar-refractivity contribution in [3.63, 3.8) is 0 Å². The van der Waals surface area contributed by atoms with Crippen molar-refractivity contribution < 1.29 is 9.18 Å². The van der Waals surface area contributed by atoms with Gasteiger partial charge in [0.1, 0.15) is 5.82 Å². The van der Waals surface area contributed by atoms with Gasteiger partial charge in [0.05, 0.1) is 5.69 Å². The summed E-state index contributed by atoms with van der Waals surface area (Å²) in [5.74, 6) is -0.714. The Kier molecular flexibility index (Phi) is 4.60. The largest absolute Gasteiger partial charge is 0.320 e. The zero-order chi connectivity index (χ0) is 14.0. The zero-order valence-electron chi connectivity index (χ0n) is 9.38. The first-order chi connectivity index (χ1) is 8.97. The highest BCUT2D eigenvalue weighted by atomic mass is 79.9. The van der Waals surface area contributed by atoms with E-state index in [1.165, 1.54) is 24.3 Å². The third-order valence-electron chi connectivity index (χ3n) is 2.35. The van der Waals surface area contributed by atoms with E-state index in [1.54, 1.807) is 12.1 Å². The lowest BCUT2D eigenvalue weighted by atomic mass is 10.2. The van der Waals surface area contributed by atoms with Crippen LogP contribution in [-0.2, 0) is 0 Å². The molecule has 0 aliphatic heterocycles. The lowest BCUT2D eigenvalue weighted by Gasteiger charge is -2.10. The van der Waals surface area contributed by atoms with Crippen LogP contribution in [0.5, 0.6) is 0 Å². The maximum Gasteiger partial charge on any atom is 0.255 e. The van der Waals surface area contributed by atoms with E-state index in [1.807, 2.05) is 0 Å². The standard InChI is InChI=1S/C13H7Br2ClFNO/c14-10-5-8(16)6-11(15)12(10)18-13(19)7-1-3-9(17)4-2-7/h1-6H,(H,18,19). The first kappa shape index (κ1) is 14.5. The van der Waals surface area contributed by atoms with Gasteiger partial charge in [-0.1, -0.05) is 11.6 Å². The van der Waals surface area contributed by atoms with Gasteiger partial charge < -0.3 is 5.32 Å². The second-order valence-corrected chi connectivity index (χ2v) is 5.85. The molecule has 2 nitrogen and oxygen atoms in total. The zero-order valence-corrected chi connectivity index (χ0v) is 13.3. The minimum absolute atomic E-state index is 0.330. The van der Waals surface area contributed by atoms with Crippen molar-refractivity contribution in [3.8, 4) is 0 Å². The third-order valence-corrected chi connectivity index (χ3v) is 3.82. The van der Waals surface area contributed by atoms with Crippen LogP contribution in [0.3, 0.4) is 0 Å². The fraction of sp³-hybridized carbons (Fsp3) is 0. The van der Waals surface area contributed by atoms with Gasteiger partial charge in [0, 0.05) is 19.5 Å². The Morgan fingerprint density at radius 2 is 1.63 bits per heavy atom. The van der Waals surface area contributed by atoms with Crippen LogP contribution >= 0.6 is 43.5 Å². The fourth-order valence-corrected chi connectivity index (χ4v) is 3.32. The third kappa shape index (κ3) is 3.55. The molecule has 0 saturated heterocycles. The molecule has 0 atom stereocenters. The normalized spacial score (nSPS) is 10.3. The Morgan fingerprint density at radius 3 is 2.16 bits per heavy atom. The molecule has 19 heavy (non-hydrogen) atoms. The molecular weight excluding hydrogens is 400 g/mol. The monoisotopic (exact) mass is 405 g/mol. The number of nitrogens with one attached hydrogen (secondary N) is 1. The van der Waals surface area contributed by atoms with Crippen LogP contribution in [0.4, 0.5) is 10.1 Å². The number of benzene rings is 2. The lowest BCUT2D eigenvalue weighted by Crippen LogP contribution is -2.12.